The number of likely N-dealkylation sites (N-methyl/N-ethyl adjacent to an activating group) is 1. The van der Waals surface area contributed by atoms with Crippen molar-refractivity contribution in [2.75, 3.05) is 26.7 Å². The van der Waals surface area contributed by atoms with Crippen molar-refractivity contribution in [1.29, 1.82) is 0 Å². The number of halogens is 1. The van der Waals surface area contributed by atoms with Crippen LogP contribution in [0, 0.1) is 0 Å². The van der Waals surface area contributed by atoms with Crippen molar-refractivity contribution in [2.45, 2.75) is 17.4 Å². The molecule has 8 heteroatoms. The highest BCUT2D eigenvalue weighted by Gasteiger charge is 2.42. The predicted octanol–water partition coefficient (Wildman–Crippen LogP) is 0.866. The van der Waals surface area contributed by atoms with Crippen molar-refractivity contribution < 1.29 is 17.9 Å². The van der Waals surface area contributed by atoms with Gasteiger partial charge in [-0.15, -0.1) is 0 Å². The Morgan fingerprint density at radius 1 is 1.38 bits per heavy atom. The molecule has 1 N–H and O–H groups in total. The number of nitrogens with zero attached hydrogens (tertiary/aromatic N) is 1. The van der Waals surface area contributed by atoms with Gasteiger partial charge in [-0.2, -0.15) is 4.31 Å². The topological polar surface area (TPSA) is 75.7 Å². The van der Waals surface area contributed by atoms with Crippen LogP contribution in [0.15, 0.2) is 29.2 Å². The molecule has 1 aliphatic rings. The number of ether oxygens (including phenoxy) is 1. The van der Waals surface area contributed by atoms with Crippen molar-refractivity contribution in [3.05, 3.63) is 29.3 Å². The van der Waals surface area contributed by atoms with E-state index in [9.17, 15) is 13.2 Å². The van der Waals surface area contributed by atoms with Crippen LogP contribution in [0.2, 0.25) is 5.02 Å². The third-order valence-corrected chi connectivity index (χ3v) is 5.51. The van der Waals surface area contributed by atoms with Gasteiger partial charge >= 0.3 is 0 Å². The number of carbonyl (C=O) groups is 1. The van der Waals surface area contributed by atoms with Gasteiger partial charge in [-0.3, -0.25) is 4.79 Å². The van der Waals surface area contributed by atoms with E-state index in [4.69, 9.17) is 16.3 Å². The number of sulfonamides is 1. The van der Waals surface area contributed by atoms with Crippen LogP contribution in [-0.2, 0) is 19.6 Å². The van der Waals surface area contributed by atoms with Gasteiger partial charge in [-0.25, -0.2) is 8.42 Å². The Hall–Kier alpha value is -1.15. The number of hydrogen-bond acceptors (Lipinski definition) is 4. The van der Waals surface area contributed by atoms with Gasteiger partial charge < -0.3 is 10.1 Å². The van der Waals surface area contributed by atoms with E-state index in [1.807, 2.05) is 0 Å². The van der Waals surface area contributed by atoms with Crippen molar-refractivity contribution in [3.8, 4) is 0 Å². The fraction of sp³-hybridized carbons (Fsp3) is 0.462. The van der Waals surface area contributed by atoms with Crippen LogP contribution in [0.4, 0.5) is 0 Å². The highest BCUT2D eigenvalue weighted by molar-refractivity contribution is 7.89. The molecule has 2 rings (SSSR count). The van der Waals surface area contributed by atoms with Crippen LogP contribution >= 0.6 is 11.6 Å². The molecule has 0 bridgehead atoms. The molecule has 0 aliphatic carbocycles. The minimum Gasteiger partial charge on any atom is -0.363 e. The Kier molecular flexibility index (Phi) is 4.57. The maximum Gasteiger partial charge on any atom is 0.253 e. The Labute approximate surface area is 129 Å². The molecule has 1 aliphatic heterocycles. The van der Waals surface area contributed by atoms with E-state index in [1.165, 1.54) is 35.6 Å². The van der Waals surface area contributed by atoms with Gasteiger partial charge in [0.2, 0.25) is 10.0 Å². The Morgan fingerprint density at radius 2 is 2.00 bits per heavy atom. The highest BCUT2D eigenvalue weighted by Crippen LogP contribution is 2.25. The lowest BCUT2D eigenvalue weighted by molar-refractivity contribution is -0.151. The van der Waals surface area contributed by atoms with Gasteiger partial charge in [0, 0.05) is 18.6 Å². The van der Waals surface area contributed by atoms with E-state index in [1.54, 1.807) is 6.92 Å². The van der Waals surface area contributed by atoms with Gasteiger partial charge in [0.1, 0.15) is 0 Å². The minimum atomic E-state index is -3.68. The smallest absolute Gasteiger partial charge is 0.253 e. The zero-order chi connectivity index (χ0) is 15.7. The SMILES string of the molecule is CNC(=O)[C@@]1(C)CN(S(=O)(=O)c2ccc(Cl)cc2)CCO1. The lowest BCUT2D eigenvalue weighted by atomic mass is 10.0. The first-order valence-electron chi connectivity index (χ1n) is 6.41. The van der Waals surface area contributed by atoms with Gasteiger partial charge in [0.25, 0.3) is 5.91 Å². The fourth-order valence-corrected chi connectivity index (χ4v) is 3.83. The van der Waals surface area contributed by atoms with Crippen molar-refractivity contribution in [1.82, 2.24) is 9.62 Å². The van der Waals surface area contributed by atoms with Crippen LogP contribution in [0.1, 0.15) is 6.92 Å². The monoisotopic (exact) mass is 332 g/mol. The van der Waals surface area contributed by atoms with Crippen LogP contribution in [-0.4, -0.2) is 51.0 Å². The zero-order valence-corrected chi connectivity index (χ0v) is 13.4. The van der Waals surface area contributed by atoms with Crippen molar-refractivity contribution in [2.24, 2.45) is 0 Å². The van der Waals surface area contributed by atoms with E-state index in [0.717, 1.165) is 0 Å². The molecule has 21 heavy (non-hydrogen) atoms. The second-order valence-corrected chi connectivity index (χ2v) is 7.33. The summed E-state index contributed by atoms with van der Waals surface area (Å²) in [6, 6.07) is 5.94. The molecule has 1 atom stereocenters. The average Bonchev–Trinajstić information content (AvgIpc) is 2.47. The van der Waals surface area contributed by atoms with Crippen LogP contribution in [0.5, 0.6) is 0 Å². The first-order valence-corrected chi connectivity index (χ1v) is 8.23. The summed E-state index contributed by atoms with van der Waals surface area (Å²) in [7, 11) is -2.19. The van der Waals surface area contributed by atoms with E-state index in [2.05, 4.69) is 5.32 Å². The molecular formula is C13H17ClN2O4S. The quantitative estimate of drug-likeness (QED) is 0.891. The maximum absolute atomic E-state index is 12.6. The summed E-state index contributed by atoms with van der Waals surface area (Å²) < 4.78 is 31.9. The second kappa shape index (κ2) is 5.92. The van der Waals surface area contributed by atoms with E-state index < -0.39 is 15.6 Å². The van der Waals surface area contributed by atoms with Crippen LogP contribution in [0.3, 0.4) is 0 Å². The fourth-order valence-electron chi connectivity index (χ4n) is 2.20. The molecule has 1 fully saturated rings. The summed E-state index contributed by atoms with van der Waals surface area (Å²) in [5.74, 6) is -0.349. The molecule has 6 nitrogen and oxygen atoms in total. The number of amides is 1. The van der Waals surface area contributed by atoms with Crippen molar-refractivity contribution >= 4 is 27.5 Å². The van der Waals surface area contributed by atoms with Gasteiger partial charge in [0.15, 0.2) is 5.60 Å². The number of benzene rings is 1. The maximum atomic E-state index is 12.6. The van der Waals surface area contributed by atoms with Gasteiger partial charge in [-0.05, 0) is 31.2 Å². The predicted molar refractivity (Wildman–Crippen MR) is 78.6 cm³/mol. The molecule has 1 saturated heterocycles. The molecule has 1 heterocycles. The van der Waals surface area contributed by atoms with Crippen molar-refractivity contribution in [3.63, 3.8) is 0 Å². The number of carbonyl (C=O) groups excluding carboxylic acids is 1. The first-order chi connectivity index (χ1) is 9.79. The third-order valence-electron chi connectivity index (χ3n) is 3.40. The van der Waals surface area contributed by atoms with E-state index in [0.29, 0.717) is 5.02 Å². The third kappa shape index (κ3) is 3.21. The Balaban J connectivity index is 2.28. The molecule has 0 aromatic heterocycles. The molecule has 116 valence electrons. The summed E-state index contributed by atoms with van der Waals surface area (Å²) in [4.78, 5) is 12.0. The summed E-state index contributed by atoms with van der Waals surface area (Å²) in [6.45, 7) is 1.92. The van der Waals surface area contributed by atoms with Crippen LogP contribution < -0.4 is 5.32 Å². The molecule has 1 aromatic carbocycles. The molecule has 0 unspecified atom stereocenters. The molecule has 0 spiro atoms. The largest absolute Gasteiger partial charge is 0.363 e. The molecule has 1 aromatic rings. The summed E-state index contributed by atoms with van der Waals surface area (Å²) >= 11 is 5.77. The molecule has 0 radical (unpaired) electrons. The summed E-state index contributed by atoms with van der Waals surface area (Å²) in [5, 5.41) is 2.96. The zero-order valence-electron chi connectivity index (χ0n) is 11.8. The van der Waals surface area contributed by atoms with E-state index >= 15 is 0 Å². The Bertz CT molecular complexity index is 632. The van der Waals surface area contributed by atoms with Gasteiger partial charge in [-0.1, -0.05) is 11.6 Å². The first kappa shape index (κ1) is 16.2. The normalized spacial score (nSPS) is 23.8. The number of morpholine rings is 1. The molecular weight excluding hydrogens is 316 g/mol. The molecule has 0 saturated carbocycles. The summed E-state index contributed by atoms with van der Waals surface area (Å²) in [6.07, 6.45) is 0. The lowest BCUT2D eigenvalue weighted by Gasteiger charge is -2.38. The lowest BCUT2D eigenvalue weighted by Crippen LogP contribution is -2.58. The standard InChI is InChI=1S/C13H17ClN2O4S/c1-13(12(17)15-2)9-16(7-8-20-13)21(18,19)11-5-3-10(14)4-6-11/h3-6H,7-9H2,1-2H3,(H,15,17)/t13-/m1/s1. The second-order valence-electron chi connectivity index (χ2n) is 4.95. The highest BCUT2D eigenvalue weighted by atomic mass is 35.5. The number of hydrogen-bond donors (Lipinski definition) is 1. The number of rotatable bonds is 3. The molecule has 1 amide bonds. The van der Waals surface area contributed by atoms with E-state index in [-0.39, 0.29) is 30.5 Å². The summed E-state index contributed by atoms with van der Waals surface area (Å²) in [5.41, 5.74) is -1.19. The van der Waals surface area contributed by atoms with Crippen LogP contribution in [0.25, 0.3) is 0 Å². The minimum absolute atomic E-state index is 0.0301. The van der Waals surface area contributed by atoms with Gasteiger partial charge in [0.05, 0.1) is 18.0 Å². The average molecular weight is 333 g/mol. The Morgan fingerprint density at radius 3 is 2.57 bits per heavy atom. The number of nitrogens with one attached hydrogen (secondary N) is 1.